The molecule has 2 N–H and O–H groups in total. The molecule has 1 fully saturated rings. The normalized spacial score (nSPS) is 15.2. The van der Waals surface area contributed by atoms with E-state index in [1.54, 1.807) is 0 Å². The van der Waals surface area contributed by atoms with Gasteiger partial charge in [0.15, 0.2) is 0 Å². The average molecular weight is 395 g/mol. The number of benzene rings is 1. The largest absolute Gasteiger partial charge is 0.416 e. The minimum atomic E-state index is -4.38. The van der Waals surface area contributed by atoms with Crippen molar-refractivity contribution in [1.29, 1.82) is 0 Å². The van der Waals surface area contributed by atoms with Crippen LogP contribution in [-0.2, 0) is 10.9 Å². The van der Waals surface area contributed by atoms with Gasteiger partial charge in [-0.1, -0.05) is 0 Å². The van der Waals surface area contributed by atoms with Gasteiger partial charge in [-0.3, -0.25) is 9.69 Å². The lowest BCUT2D eigenvalue weighted by molar-refractivity contribution is -0.137. The molecule has 28 heavy (non-hydrogen) atoms. The van der Waals surface area contributed by atoms with E-state index in [1.807, 2.05) is 0 Å². The van der Waals surface area contributed by atoms with Crippen molar-refractivity contribution < 1.29 is 22.7 Å². The molecule has 1 aliphatic heterocycles. The second kappa shape index (κ2) is 8.98. The summed E-state index contributed by atoms with van der Waals surface area (Å²) in [6, 6.07) is 4.56. The first-order valence-corrected chi connectivity index (χ1v) is 8.76. The number of morpholine rings is 1. The van der Waals surface area contributed by atoms with Crippen LogP contribution in [0.15, 0.2) is 36.7 Å². The maximum Gasteiger partial charge on any atom is 0.416 e. The number of ether oxygens (including phenoxy) is 1. The summed E-state index contributed by atoms with van der Waals surface area (Å²) in [6.45, 7) is 4.32. The molecule has 7 nitrogen and oxygen atoms in total. The zero-order valence-corrected chi connectivity index (χ0v) is 15.0. The number of nitrogens with zero attached hydrogens (tertiary/aromatic N) is 3. The molecule has 0 spiro atoms. The van der Waals surface area contributed by atoms with Crippen molar-refractivity contribution in [1.82, 2.24) is 20.2 Å². The predicted molar refractivity (Wildman–Crippen MR) is 96.4 cm³/mol. The first-order chi connectivity index (χ1) is 13.4. The van der Waals surface area contributed by atoms with Gasteiger partial charge in [-0.25, -0.2) is 9.97 Å². The fourth-order valence-corrected chi connectivity index (χ4v) is 2.64. The Kier molecular flexibility index (Phi) is 6.42. The second-order valence-electron chi connectivity index (χ2n) is 6.20. The fraction of sp³-hybridized carbons (Fsp3) is 0.389. The van der Waals surface area contributed by atoms with Crippen LogP contribution >= 0.6 is 0 Å². The SMILES string of the molecule is O=C(NCCN1CCOCC1)c1cnc(Nc2ccc(C(F)(F)F)cc2)cn1. The van der Waals surface area contributed by atoms with Gasteiger partial charge in [-0.2, -0.15) is 13.2 Å². The van der Waals surface area contributed by atoms with E-state index in [9.17, 15) is 18.0 Å². The van der Waals surface area contributed by atoms with E-state index < -0.39 is 11.7 Å². The van der Waals surface area contributed by atoms with Gasteiger partial charge < -0.3 is 15.4 Å². The highest BCUT2D eigenvalue weighted by atomic mass is 19.4. The highest BCUT2D eigenvalue weighted by Gasteiger charge is 2.29. The number of hydrogen-bond donors (Lipinski definition) is 2. The monoisotopic (exact) mass is 395 g/mol. The Hall–Kier alpha value is -2.72. The van der Waals surface area contributed by atoms with Gasteiger partial charge in [0.1, 0.15) is 11.5 Å². The number of rotatable bonds is 6. The lowest BCUT2D eigenvalue weighted by atomic mass is 10.2. The van der Waals surface area contributed by atoms with Gasteiger partial charge >= 0.3 is 6.18 Å². The maximum atomic E-state index is 12.6. The molecule has 2 heterocycles. The van der Waals surface area contributed by atoms with E-state index in [0.717, 1.165) is 31.8 Å². The molecule has 1 aliphatic rings. The zero-order chi connectivity index (χ0) is 20.0. The van der Waals surface area contributed by atoms with Crippen molar-refractivity contribution >= 4 is 17.4 Å². The molecule has 150 valence electrons. The Morgan fingerprint density at radius 1 is 1.11 bits per heavy atom. The predicted octanol–water partition coefficient (Wildman–Crippen LogP) is 2.30. The summed E-state index contributed by atoms with van der Waals surface area (Å²) in [7, 11) is 0. The highest BCUT2D eigenvalue weighted by Crippen LogP contribution is 2.30. The summed E-state index contributed by atoms with van der Waals surface area (Å²) in [4.78, 5) is 22.4. The molecule has 0 bridgehead atoms. The first kappa shape index (κ1) is 20.0. The van der Waals surface area contributed by atoms with E-state index in [4.69, 9.17) is 4.74 Å². The van der Waals surface area contributed by atoms with Crippen LogP contribution in [0.3, 0.4) is 0 Å². The third-order valence-corrected chi connectivity index (χ3v) is 4.19. The van der Waals surface area contributed by atoms with Gasteiger partial charge in [0.05, 0.1) is 31.2 Å². The Labute approximate surface area is 159 Å². The minimum Gasteiger partial charge on any atom is -0.379 e. The molecular weight excluding hydrogens is 375 g/mol. The second-order valence-corrected chi connectivity index (χ2v) is 6.20. The topological polar surface area (TPSA) is 79.4 Å². The van der Waals surface area contributed by atoms with Crippen LogP contribution in [0.4, 0.5) is 24.7 Å². The number of nitrogens with one attached hydrogen (secondary N) is 2. The van der Waals surface area contributed by atoms with Gasteiger partial charge in [-0.05, 0) is 24.3 Å². The van der Waals surface area contributed by atoms with Gasteiger partial charge in [0, 0.05) is 31.9 Å². The average Bonchev–Trinajstić information content (AvgIpc) is 2.69. The molecule has 1 saturated heterocycles. The summed E-state index contributed by atoms with van der Waals surface area (Å²) in [5.41, 5.74) is -0.127. The van der Waals surface area contributed by atoms with Crippen molar-refractivity contribution in [3.05, 3.63) is 47.9 Å². The summed E-state index contributed by atoms with van der Waals surface area (Å²) in [5, 5.41) is 5.63. The molecule has 3 rings (SSSR count). The van der Waals surface area contributed by atoms with Crippen LogP contribution in [0.2, 0.25) is 0 Å². The van der Waals surface area contributed by atoms with Crippen molar-refractivity contribution in [2.45, 2.75) is 6.18 Å². The maximum absolute atomic E-state index is 12.6. The highest BCUT2D eigenvalue weighted by molar-refractivity contribution is 5.92. The van der Waals surface area contributed by atoms with Crippen LogP contribution in [0, 0.1) is 0 Å². The molecule has 0 radical (unpaired) electrons. The molecule has 2 aromatic rings. The Morgan fingerprint density at radius 2 is 1.82 bits per heavy atom. The number of alkyl halides is 3. The molecule has 0 atom stereocenters. The molecule has 10 heteroatoms. The number of carbonyl (C=O) groups is 1. The van der Waals surface area contributed by atoms with E-state index in [0.29, 0.717) is 31.3 Å². The number of carbonyl (C=O) groups excluding carboxylic acids is 1. The number of aromatic nitrogens is 2. The molecule has 1 aromatic heterocycles. The number of anilines is 2. The summed E-state index contributed by atoms with van der Waals surface area (Å²) in [5.74, 6) is -0.00790. The molecule has 0 unspecified atom stereocenters. The molecule has 1 amide bonds. The Balaban J connectivity index is 1.49. The molecule has 0 saturated carbocycles. The van der Waals surface area contributed by atoms with Crippen molar-refractivity contribution in [2.75, 3.05) is 44.7 Å². The van der Waals surface area contributed by atoms with Crippen LogP contribution < -0.4 is 10.6 Å². The number of halogens is 3. The Bertz CT molecular complexity index is 775. The van der Waals surface area contributed by atoms with Crippen molar-refractivity contribution in [3.63, 3.8) is 0 Å². The quantitative estimate of drug-likeness (QED) is 0.782. The first-order valence-electron chi connectivity index (χ1n) is 8.76. The van der Waals surface area contributed by atoms with Crippen LogP contribution in [0.5, 0.6) is 0 Å². The van der Waals surface area contributed by atoms with Gasteiger partial charge in [0.2, 0.25) is 0 Å². The lowest BCUT2D eigenvalue weighted by Crippen LogP contribution is -2.41. The van der Waals surface area contributed by atoms with E-state index in [-0.39, 0.29) is 11.6 Å². The third-order valence-electron chi connectivity index (χ3n) is 4.19. The van der Waals surface area contributed by atoms with E-state index >= 15 is 0 Å². The van der Waals surface area contributed by atoms with Crippen molar-refractivity contribution in [2.24, 2.45) is 0 Å². The van der Waals surface area contributed by atoms with Crippen LogP contribution in [-0.4, -0.2) is 60.2 Å². The number of amides is 1. The zero-order valence-electron chi connectivity index (χ0n) is 15.0. The molecule has 1 aromatic carbocycles. The Morgan fingerprint density at radius 3 is 2.43 bits per heavy atom. The molecule has 0 aliphatic carbocycles. The summed E-state index contributed by atoms with van der Waals surface area (Å²) >= 11 is 0. The van der Waals surface area contributed by atoms with E-state index in [2.05, 4.69) is 25.5 Å². The summed E-state index contributed by atoms with van der Waals surface area (Å²) < 4.78 is 43.0. The molecular formula is C18H20F3N5O2. The van der Waals surface area contributed by atoms with Gasteiger partial charge in [-0.15, -0.1) is 0 Å². The standard InChI is InChI=1S/C18H20F3N5O2/c19-18(20,21)13-1-3-14(4-2-13)25-16-12-23-15(11-24-16)17(27)22-5-6-26-7-9-28-10-8-26/h1-4,11-12H,5-10H2,(H,22,27)(H,24,25). The third kappa shape index (κ3) is 5.64. The van der Waals surface area contributed by atoms with Crippen LogP contribution in [0.1, 0.15) is 16.1 Å². The summed E-state index contributed by atoms with van der Waals surface area (Å²) in [6.07, 6.45) is -1.71. The van der Waals surface area contributed by atoms with Crippen LogP contribution in [0.25, 0.3) is 0 Å². The number of hydrogen-bond acceptors (Lipinski definition) is 6. The smallest absolute Gasteiger partial charge is 0.379 e. The van der Waals surface area contributed by atoms with E-state index in [1.165, 1.54) is 24.5 Å². The fourth-order valence-electron chi connectivity index (χ4n) is 2.64. The minimum absolute atomic E-state index is 0.167. The van der Waals surface area contributed by atoms with Gasteiger partial charge in [0.25, 0.3) is 5.91 Å². The lowest BCUT2D eigenvalue weighted by Gasteiger charge is -2.26. The van der Waals surface area contributed by atoms with Crippen molar-refractivity contribution in [3.8, 4) is 0 Å².